The Kier molecular flexibility index (Phi) is 4.69. The number of carbonyl (C=O) groups is 1. The van der Waals surface area contributed by atoms with E-state index in [1.807, 2.05) is 5.32 Å². The summed E-state index contributed by atoms with van der Waals surface area (Å²) >= 11 is 0. The second-order valence-electron chi connectivity index (χ2n) is 4.01. The summed E-state index contributed by atoms with van der Waals surface area (Å²) in [4.78, 5) is 10.4. The molecular weight excluding hydrogens is 311 g/mol. The maximum absolute atomic E-state index is 13.0. The van der Waals surface area contributed by atoms with Crippen molar-refractivity contribution < 1.29 is 40.6 Å². The molecule has 118 valence electrons. The van der Waals surface area contributed by atoms with Crippen LogP contribution in [0.2, 0.25) is 0 Å². The Balaban J connectivity index is 2.92. The smallest absolute Gasteiger partial charge is 0.419 e. The van der Waals surface area contributed by atoms with Crippen molar-refractivity contribution in [1.29, 1.82) is 0 Å². The molecule has 0 radical (unpaired) electrons. The Morgan fingerprint density at radius 2 is 1.76 bits per heavy atom. The van der Waals surface area contributed by atoms with Gasteiger partial charge in [-0.15, -0.1) is 0 Å². The van der Waals surface area contributed by atoms with Crippen LogP contribution in [0.3, 0.4) is 0 Å². The van der Waals surface area contributed by atoms with Crippen LogP contribution in [-0.2, 0) is 11.0 Å². The third-order valence-electron chi connectivity index (χ3n) is 2.48. The van der Waals surface area contributed by atoms with Crippen LogP contribution in [0.5, 0.6) is 0 Å². The van der Waals surface area contributed by atoms with Crippen LogP contribution in [0.1, 0.15) is 5.56 Å². The molecule has 2 N–H and O–H groups in total. The molecule has 0 amide bonds. The van der Waals surface area contributed by atoms with E-state index in [4.69, 9.17) is 5.11 Å². The Morgan fingerprint density at radius 3 is 2.19 bits per heavy atom. The van der Waals surface area contributed by atoms with Crippen LogP contribution >= 0.6 is 0 Å². The maximum Gasteiger partial charge on any atom is 0.419 e. The topological polar surface area (TPSA) is 49.3 Å². The number of alkyl halides is 6. The van der Waals surface area contributed by atoms with Crippen molar-refractivity contribution in [2.45, 2.75) is 12.4 Å². The van der Waals surface area contributed by atoms with E-state index in [2.05, 4.69) is 0 Å². The molecule has 10 heteroatoms. The molecule has 0 bridgehead atoms. The number of halogens is 7. The minimum Gasteiger partial charge on any atom is -0.481 e. The van der Waals surface area contributed by atoms with Gasteiger partial charge in [0.05, 0.1) is 5.56 Å². The van der Waals surface area contributed by atoms with Gasteiger partial charge in [0.2, 0.25) is 0 Å². The summed E-state index contributed by atoms with van der Waals surface area (Å²) in [6.07, 6.45) is -10.1. The molecule has 0 saturated carbocycles. The molecule has 0 heterocycles. The fourth-order valence-corrected chi connectivity index (χ4v) is 1.42. The third-order valence-corrected chi connectivity index (χ3v) is 2.48. The Hall–Kier alpha value is -2.00. The molecule has 0 aromatic heterocycles. The highest BCUT2D eigenvalue weighted by atomic mass is 19.4. The molecule has 0 saturated heterocycles. The van der Waals surface area contributed by atoms with Crippen LogP contribution in [0.15, 0.2) is 18.2 Å². The van der Waals surface area contributed by atoms with Gasteiger partial charge in [0.25, 0.3) is 0 Å². The van der Waals surface area contributed by atoms with Crippen LogP contribution < -0.4 is 5.32 Å². The summed E-state index contributed by atoms with van der Waals surface area (Å²) < 4.78 is 87.2. The maximum atomic E-state index is 13.0. The van der Waals surface area contributed by atoms with E-state index >= 15 is 0 Å². The van der Waals surface area contributed by atoms with Crippen LogP contribution in [-0.4, -0.2) is 23.8 Å². The Labute approximate surface area is 113 Å². The van der Waals surface area contributed by atoms with Gasteiger partial charge >= 0.3 is 18.3 Å². The zero-order valence-electron chi connectivity index (χ0n) is 10.0. The molecule has 1 unspecified atom stereocenters. The second-order valence-corrected chi connectivity index (χ2v) is 4.01. The molecule has 1 rings (SSSR count). The number of rotatable bonds is 4. The summed E-state index contributed by atoms with van der Waals surface area (Å²) in [5.41, 5.74) is -2.13. The van der Waals surface area contributed by atoms with Gasteiger partial charge in [-0.2, -0.15) is 26.3 Å². The average molecular weight is 319 g/mol. The molecule has 3 nitrogen and oxygen atoms in total. The summed E-state index contributed by atoms with van der Waals surface area (Å²) in [5.74, 6) is -6.55. The minimum absolute atomic E-state index is 0.268. The highest BCUT2D eigenvalue weighted by Crippen LogP contribution is 2.33. The fourth-order valence-electron chi connectivity index (χ4n) is 1.42. The van der Waals surface area contributed by atoms with Crippen molar-refractivity contribution in [2.75, 3.05) is 11.9 Å². The standard InChI is InChI=1S/C11H8F7NO2/c12-8-2-1-5(3-6(8)10(13,14)15)19-4-7(9(20)21)11(16,17)18/h1-3,7,19H,4H2,(H,20,21). The van der Waals surface area contributed by atoms with E-state index in [1.165, 1.54) is 0 Å². The normalized spacial score (nSPS) is 13.9. The minimum atomic E-state index is -5.06. The monoisotopic (exact) mass is 319 g/mol. The van der Waals surface area contributed by atoms with Crippen molar-refractivity contribution in [1.82, 2.24) is 0 Å². The van der Waals surface area contributed by atoms with Gasteiger partial charge in [-0.05, 0) is 18.2 Å². The number of benzene rings is 1. The first-order valence-corrected chi connectivity index (χ1v) is 5.33. The van der Waals surface area contributed by atoms with Crippen LogP contribution in [0, 0.1) is 11.7 Å². The molecule has 1 aromatic rings. The molecule has 21 heavy (non-hydrogen) atoms. The number of carboxylic acids is 1. The predicted octanol–water partition coefficient (Wildman–Crippen LogP) is 3.52. The lowest BCUT2D eigenvalue weighted by molar-refractivity contribution is -0.190. The Morgan fingerprint density at radius 1 is 1.19 bits per heavy atom. The second kappa shape index (κ2) is 5.78. The van der Waals surface area contributed by atoms with E-state index in [0.29, 0.717) is 6.07 Å². The first kappa shape index (κ1) is 17.1. The predicted molar refractivity (Wildman–Crippen MR) is 57.1 cm³/mol. The van der Waals surface area contributed by atoms with Crippen molar-refractivity contribution in [3.63, 3.8) is 0 Å². The van der Waals surface area contributed by atoms with Gasteiger partial charge < -0.3 is 10.4 Å². The van der Waals surface area contributed by atoms with E-state index in [-0.39, 0.29) is 6.07 Å². The summed E-state index contributed by atoms with van der Waals surface area (Å²) in [7, 11) is 0. The van der Waals surface area contributed by atoms with Gasteiger partial charge in [-0.1, -0.05) is 0 Å². The molecule has 0 fully saturated rings. The van der Waals surface area contributed by atoms with E-state index < -0.39 is 47.9 Å². The highest BCUT2D eigenvalue weighted by molar-refractivity contribution is 5.71. The van der Waals surface area contributed by atoms with E-state index in [1.54, 1.807) is 0 Å². The first-order valence-electron chi connectivity index (χ1n) is 5.33. The van der Waals surface area contributed by atoms with Gasteiger partial charge in [0, 0.05) is 12.2 Å². The zero-order chi connectivity index (χ0) is 16.4. The molecule has 0 spiro atoms. The number of carboxylic acid groups (broad SMARTS) is 1. The lowest BCUT2D eigenvalue weighted by Gasteiger charge is -2.18. The number of hydrogen-bond acceptors (Lipinski definition) is 2. The molecule has 0 aliphatic carbocycles. The van der Waals surface area contributed by atoms with Crippen LogP contribution in [0.25, 0.3) is 0 Å². The molecular formula is C11H8F7NO2. The van der Waals surface area contributed by atoms with E-state index in [9.17, 15) is 35.5 Å². The largest absolute Gasteiger partial charge is 0.481 e. The van der Waals surface area contributed by atoms with Crippen LogP contribution in [0.4, 0.5) is 36.4 Å². The number of aliphatic carboxylic acids is 1. The SMILES string of the molecule is O=C(O)C(CNc1ccc(F)c(C(F)(F)F)c1)C(F)(F)F. The fraction of sp³-hybridized carbons (Fsp3) is 0.364. The zero-order valence-corrected chi connectivity index (χ0v) is 10.0. The average Bonchev–Trinajstić information content (AvgIpc) is 2.27. The number of hydrogen-bond donors (Lipinski definition) is 2. The van der Waals surface area contributed by atoms with Crippen molar-refractivity contribution in [2.24, 2.45) is 5.92 Å². The number of nitrogens with one attached hydrogen (secondary N) is 1. The molecule has 0 aliphatic rings. The first-order chi connectivity index (χ1) is 9.43. The summed E-state index contributed by atoms with van der Waals surface area (Å²) in [5, 5.41) is 10.3. The Bertz CT molecular complexity index is 524. The van der Waals surface area contributed by atoms with Gasteiger partial charge in [-0.3, -0.25) is 4.79 Å². The summed E-state index contributed by atoms with van der Waals surface area (Å²) in [6.45, 7) is -1.18. The lowest BCUT2D eigenvalue weighted by Crippen LogP contribution is -2.36. The highest BCUT2D eigenvalue weighted by Gasteiger charge is 2.45. The van der Waals surface area contributed by atoms with Gasteiger partial charge in [0.1, 0.15) is 5.82 Å². The number of anilines is 1. The van der Waals surface area contributed by atoms with E-state index in [0.717, 1.165) is 6.07 Å². The lowest BCUT2D eigenvalue weighted by atomic mass is 10.1. The van der Waals surface area contributed by atoms with Gasteiger partial charge in [-0.25, -0.2) is 4.39 Å². The quantitative estimate of drug-likeness (QED) is 0.835. The van der Waals surface area contributed by atoms with Crippen molar-refractivity contribution >= 4 is 11.7 Å². The third kappa shape index (κ3) is 4.50. The van der Waals surface area contributed by atoms with Gasteiger partial charge in [0.15, 0.2) is 5.92 Å². The molecule has 1 atom stereocenters. The summed E-state index contributed by atoms with van der Waals surface area (Å²) in [6, 6.07) is 1.47. The molecule has 0 aliphatic heterocycles. The van der Waals surface area contributed by atoms with Crippen molar-refractivity contribution in [3.8, 4) is 0 Å². The van der Waals surface area contributed by atoms with Crippen molar-refractivity contribution in [3.05, 3.63) is 29.6 Å². The molecule has 1 aromatic carbocycles.